The standard InChI is InChI=1S/C4H7O2P.CHNO/c1-2-3-4-7(5)6;2-1-3/h2H,1,3-4H2;2H/p+1. The summed E-state index contributed by atoms with van der Waals surface area (Å²) >= 11 is 0. The van der Waals surface area contributed by atoms with Gasteiger partial charge in [-0.15, -0.1) is 6.58 Å². The molecular formula is C5H9NO3P+. The lowest BCUT2D eigenvalue weighted by atomic mass is 10.5. The van der Waals surface area contributed by atoms with Crippen LogP contribution in [-0.4, -0.2) is 17.1 Å². The van der Waals surface area contributed by atoms with Crippen molar-refractivity contribution in [3.63, 3.8) is 0 Å². The van der Waals surface area contributed by atoms with E-state index in [4.69, 9.17) is 15.1 Å². The van der Waals surface area contributed by atoms with Crippen LogP contribution in [0.2, 0.25) is 0 Å². The molecule has 0 aromatic rings. The summed E-state index contributed by atoms with van der Waals surface area (Å²) in [5.41, 5.74) is 0. The summed E-state index contributed by atoms with van der Waals surface area (Å²) in [7, 11) is -1.93. The first kappa shape index (κ1) is 11.9. The second-order valence-electron chi connectivity index (χ2n) is 1.26. The maximum absolute atomic E-state index is 9.86. The van der Waals surface area contributed by atoms with Crippen molar-refractivity contribution in [3.05, 3.63) is 12.7 Å². The highest BCUT2D eigenvalue weighted by atomic mass is 31.1. The van der Waals surface area contributed by atoms with Crippen LogP contribution in [0.5, 0.6) is 0 Å². The van der Waals surface area contributed by atoms with Crippen molar-refractivity contribution in [2.24, 2.45) is 0 Å². The Hall–Kier alpha value is -0.820. The minimum absolute atomic E-state index is 0.346. The SMILES string of the molecule is C=CCC[P+](=O)O.N=C=O. The van der Waals surface area contributed by atoms with Crippen LogP contribution in [0.3, 0.4) is 0 Å². The highest BCUT2D eigenvalue weighted by Crippen LogP contribution is 2.12. The molecule has 0 aliphatic rings. The molecule has 0 aliphatic carbocycles. The Morgan fingerprint density at radius 3 is 2.30 bits per heavy atom. The molecule has 0 amide bonds. The molecule has 5 heteroatoms. The van der Waals surface area contributed by atoms with Gasteiger partial charge in [0.25, 0.3) is 0 Å². The van der Waals surface area contributed by atoms with Gasteiger partial charge < -0.3 is 0 Å². The van der Waals surface area contributed by atoms with E-state index in [1.165, 1.54) is 0 Å². The normalized spacial score (nSPS) is 8.30. The van der Waals surface area contributed by atoms with Gasteiger partial charge in [0.1, 0.15) is 0 Å². The van der Waals surface area contributed by atoms with Crippen LogP contribution in [0.15, 0.2) is 12.7 Å². The molecule has 0 fully saturated rings. The van der Waals surface area contributed by atoms with Crippen LogP contribution in [0.25, 0.3) is 0 Å². The number of rotatable bonds is 3. The van der Waals surface area contributed by atoms with E-state index >= 15 is 0 Å². The summed E-state index contributed by atoms with van der Waals surface area (Å²) in [6, 6.07) is 0. The second kappa shape index (κ2) is 11.0. The topological polar surface area (TPSA) is 78.2 Å². The molecule has 10 heavy (non-hydrogen) atoms. The number of nitrogens with one attached hydrogen (secondary N) is 1. The summed E-state index contributed by atoms with van der Waals surface area (Å²) in [5, 5.41) is 5.40. The van der Waals surface area contributed by atoms with Gasteiger partial charge in [0.05, 0.1) is 0 Å². The lowest BCUT2D eigenvalue weighted by Crippen LogP contribution is -1.69. The fraction of sp³-hybridized carbons (Fsp3) is 0.400. The van der Waals surface area contributed by atoms with Gasteiger partial charge in [-0.2, -0.15) is 4.89 Å². The fourth-order valence-corrected chi connectivity index (χ4v) is 0.605. The van der Waals surface area contributed by atoms with Gasteiger partial charge in [0.15, 0.2) is 6.16 Å². The van der Waals surface area contributed by atoms with E-state index in [0.29, 0.717) is 12.6 Å². The minimum atomic E-state index is -1.93. The lowest BCUT2D eigenvalue weighted by molar-refractivity contribution is 0.503. The maximum Gasteiger partial charge on any atom is 0.505 e. The Morgan fingerprint density at radius 1 is 1.80 bits per heavy atom. The summed E-state index contributed by atoms with van der Waals surface area (Å²) < 4.78 is 9.86. The predicted octanol–water partition coefficient (Wildman–Crippen LogP) is 1.20. The molecule has 0 aliphatic heterocycles. The molecule has 0 spiro atoms. The highest BCUT2D eigenvalue weighted by Gasteiger charge is 2.04. The predicted molar refractivity (Wildman–Crippen MR) is 37.9 cm³/mol. The lowest BCUT2D eigenvalue weighted by Gasteiger charge is -1.69. The monoisotopic (exact) mass is 162 g/mol. The quantitative estimate of drug-likeness (QED) is 0.283. The number of carbonyl (C=O) groups excluding carboxylic acids is 1. The zero-order chi connectivity index (χ0) is 8.41. The van der Waals surface area contributed by atoms with Crippen molar-refractivity contribution in [2.75, 3.05) is 6.16 Å². The molecule has 0 saturated heterocycles. The number of hydrogen-bond donors (Lipinski definition) is 2. The Morgan fingerprint density at radius 2 is 2.20 bits per heavy atom. The smallest absolute Gasteiger partial charge is 0.222 e. The van der Waals surface area contributed by atoms with E-state index in [0.717, 1.165) is 6.08 Å². The third-order valence-electron chi connectivity index (χ3n) is 0.525. The zero-order valence-electron chi connectivity index (χ0n) is 5.41. The molecule has 0 saturated carbocycles. The van der Waals surface area contributed by atoms with Gasteiger partial charge in [0.2, 0.25) is 6.08 Å². The third kappa shape index (κ3) is 27.1. The number of isocyanates is 1. The highest BCUT2D eigenvalue weighted by molar-refractivity contribution is 7.37. The first-order valence-electron chi connectivity index (χ1n) is 2.47. The van der Waals surface area contributed by atoms with E-state index in [2.05, 4.69) is 6.58 Å². The fourth-order valence-electron chi connectivity index (χ4n) is 0.202. The maximum atomic E-state index is 9.86. The summed E-state index contributed by atoms with van der Waals surface area (Å²) in [6.07, 6.45) is 3.36. The average molecular weight is 162 g/mol. The van der Waals surface area contributed by atoms with E-state index < -0.39 is 8.03 Å². The van der Waals surface area contributed by atoms with Crippen LogP contribution in [0.4, 0.5) is 0 Å². The molecule has 2 N–H and O–H groups in total. The van der Waals surface area contributed by atoms with Gasteiger partial charge in [-0.3, -0.25) is 0 Å². The number of hydrogen-bond acceptors (Lipinski definition) is 3. The van der Waals surface area contributed by atoms with Crippen LogP contribution >= 0.6 is 8.03 Å². The molecule has 1 unspecified atom stereocenters. The van der Waals surface area contributed by atoms with Crippen molar-refractivity contribution in [1.29, 1.82) is 5.41 Å². The average Bonchev–Trinajstić information content (AvgIpc) is 1.85. The first-order chi connectivity index (χ1) is 4.68. The van der Waals surface area contributed by atoms with Gasteiger partial charge in [-0.05, 0) is 4.57 Å². The molecule has 0 aromatic heterocycles. The third-order valence-corrected chi connectivity index (χ3v) is 1.17. The molecule has 0 aromatic carbocycles. The first-order valence-corrected chi connectivity index (χ1v) is 3.87. The van der Waals surface area contributed by atoms with Crippen molar-refractivity contribution < 1.29 is 14.3 Å². The summed E-state index contributed by atoms with van der Waals surface area (Å²) in [6.45, 7) is 3.39. The molecule has 0 rings (SSSR count). The van der Waals surface area contributed by atoms with Gasteiger partial charge >= 0.3 is 8.03 Å². The van der Waals surface area contributed by atoms with Crippen LogP contribution in [0, 0.1) is 5.41 Å². The van der Waals surface area contributed by atoms with Gasteiger partial charge in [0, 0.05) is 6.42 Å². The van der Waals surface area contributed by atoms with E-state index in [1.54, 1.807) is 6.08 Å². The van der Waals surface area contributed by atoms with Crippen LogP contribution < -0.4 is 0 Å². The molecule has 0 heterocycles. The van der Waals surface area contributed by atoms with Crippen LogP contribution in [0.1, 0.15) is 6.42 Å². The second-order valence-corrected chi connectivity index (χ2v) is 2.41. The van der Waals surface area contributed by atoms with Crippen molar-refractivity contribution in [2.45, 2.75) is 6.42 Å². The Balaban J connectivity index is 0. The van der Waals surface area contributed by atoms with Crippen LogP contribution in [-0.2, 0) is 9.36 Å². The molecule has 1 atom stereocenters. The van der Waals surface area contributed by atoms with E-state index in [1.807, 2.05) is 0 Å². The molecular weight excluding hydrogens is 153 g/mol. The number of allylic oxidation sites excluding steroid dienone is 1. The van der Waals surface area contributed by atoms with Crippen molar-refractivity contribution >= 4 is 14.1 Å². The van der Waals surface area contributed by atoms with E-state index in [-0.39, 0.29) is 0 Å². The Kier molecular flexibility index (Phi) is 13.2. The van der Waals surface area contributed by atoms with Crippen molar-refractivity contribution in [3.8, 4) is 0 Å². The Bertz CT molecular complexity index is 140. The minimum Gasteiger partial charge on any atom is -0.222 e. The van der Waals surface area contributed by atoms with Crippen molar-refractivity contribution in [1.82, 2.24) is 0 Å². The molecule has 56 valence electrons. The van der Waals surface area contributed by atoms with E-state index in [9.17, 15) is 4.57 Å². The molecule has 0 bridgehead atoms. The summed E-state index contributed by atoms with van der Waals surface area (Å²) in [5.74, 6) is 0. The zero-order valence-corrected chi connectivity index (χ0v) is 6.30. The summed E-state index contributed by atoms with van der Waals surface area (Å²) in [4.78, 5) is 16.5. The molecule has 0 radical (unpaired) electrons. The molecule has 4 nitrogen and oxygen atoms in total. The Labute approximate surface area is 59.9 Å². The largest absolute Gasteiger partial charge is 0.505 e. The van der Waals surface area contributed by atoms with Gasteiger partial charge in [-0.1, -0.05) is 6.08 Å². The van der Waals surface area contributed by atoms with Gasteiger partial charge in [-0.25, -0.2) is 10.2 Å².